The summed E-state index contributed by atoms with van der Waals surface area (Å²) in [6.45, 7) is 4.35. The van der Waals surface area contributed by atoms with Gasteiger partial charge in [-0.05, 0) is 37.5 Å². The van der Waals surface area contributed by atoms with Crippen molar-refractivity contribution >= 4 is 23.2 Å². The second kappa shape index (κ2) is 7.84. The first kappa shape index (κ1) is 14.7. The second-order valence-corrected chi connectivity index (χ2v) is 5.12. The minimum absolute atomic E-state index is 0.260. The molecule has 0 saturated carbocycles. The molecule has 0 saturated heterocycles. The summed E-state index contributed by atoms with van der Waals surface area (Å²) in [5, 5.41) is 1.24. The molecule has 0 bridgehead atoms. The molecule has 1 unspecified atom stereocenters. The number of hydrogen-bond acceptors (Lipinski definition) is 1. The normalized spacial score (nSPS) is 12.5. The first-order chi connectivity index (χ1) is 8.15. The molecule has 0 fully saturated rings. The highest BCUT2D eigenvalue weighted by Gasteiger charge is 2.08. The lowest BCUT2D eigenvalue weighted by atomic mass is 10.1. The van der Waals surface area contributed by atoms with Gasteiger partial charge in [0.2, 0.25) is 0 Å². The highest BCUT2D eigenvalue weighted by Crippen LogP contribution is 2.26. The van der Waals surface area contributed by atoms with Gasteiger partial charge in [0.1, 0.15) is 5.75 Å². The highest BCUT2D eigenvalue weighted by molar-refractivity contribution is 6.34. The molecule has 17 heavy (non-hydrogen) atoms. The molecule has 0 aliphatic rings. The fourth-order valence-electron chi connectivity index (χ4n) is 1.76. The number of hydrogen-bond donors (Lipinski definition) is 0. The summed E-state index contributed by atoms with van der Waals surface area (Å²) in [7, 11) is 0. The van der Waals surface area contributed by atoms with E-state index in [1.54, 1.807) is 6.07 Å². The lowest BCUT2D eigenvalue weighted by molar-refractivity contribution is 0.183. The van der Waals surface area contributed by atoms with Gasteiger partial charge in [-0.25, -0.2) is 0 Å². The number of rotatable bonds is 7. The van der Waals surface area contributed by atoms with Gasteiger partial charge in [0.05, 0.1) is 6.10 Å². The molecule has 0 spiro atoms. The molecule has 0 aliphatic carbocycles. The van der Waals surface area contributed by atoms with Crippen LogP contribution in [0.2, 0.25) is 10.0 Å². The molecule has 1 aromatic rings. The highest BCUT2D eigenvalue weighted by atomic mass is 35.5. The van der Waals surface area contributed by atoms with Crippen molar-refractivity contribution < 1.29 is 4.74 Å². The van der Waals surface area contributed by atoms with Crippen molar-refractivity contribution in [1.29, 1.82) is 0 Å². The Hall–Kier alpha value is -0.400. The predicted molar refractivity (Wildman–Crippen MR) is 75.3 cm³/mol. The van der Waals surface area contributed by atoms with E-state index in [0.29, 0.717) is 10.0 Å². The quantitative estimate of drug-likeness (QED) is 0.577. The Morgan fingerprint density at radius 3 is 2.24 bits per heavy atom. The van der Waals surface area contributed by atoms with E-state index in [0.717, 1.165) is 18.6 Å². The van der Waals surface area contributed by atoms with E-state index in [9.17, 15) is 0 Å². The van der Waals surface area contributed by atoms with Crippen LogP contribution in [0.5, 0.6) is 5.75 Å². The maximum Gasteiger partial charge on any atom is 0.122 e. The Kier molecular flexibility index (Phi) is 6.76. The summed E-state index contributed by atoms with van der Waals surface area (Å²) < 4.78 is 5.90. The van der Waals surface area contributed by atoms with E-state index >= 15 is 0 Å². The van der Waals surface area contributed by atoms with Crippen LogP contribution < -0.4 is 4.74 Å². The van der Waals surface area contributed by atoms with Gasteiger partial charge in [0.15, 0.2) is 0 Å². The molecule has 0 radical (unpaired) electrons. The minimum Gasteiger partial charge on any atom is -0.490 e. The fourth-order valence-corrected chi connectivity index (χ4v) is 2.26. The first-order valence-electron chi connectivity index (χ1n) is 6.28. The molecule has 0 N–H and O–H groups in total. The van der Waals surface area contributed by atoms with Crippen LogP contribution >= 0.6 is 23.2 Å². The Balaban J connectivity index is 2.54. The van der Waals surface area contributed by atoms with E-state index in [1.165, 1.54) is 19.3 Å². The standard InChI is InChI=1S/C14H20Cl2O/c1-3-5-6-7-13(4-2)17-14-9-11(15)8-12(16)10-14/h8-10,13H,3-7H2,1-2H3. The number of ether oxygens (including phenoxy) is 1. The van der Waals surface area contributed by atoms with Crippen molar-refractivity contribution in [1.82, 2.24) is 0 Å². The molecule has 0 aromatic heterocycles. The molecule has 0 aliphatic heterocycles. The van der Waals surface area contributed by atoms with Gasteiger partial charge < -0.3 is 4.74 Å². The van der Waals surface area contributed by atoms with Gasteiger partial charge >= 0.3 is 0 Å². The van der Waals surface area contributed by atoms with Gasteiger partial charge in [-0.1, -0.05) is 49.9 Å². The van der Waals surface area contributed by atoms with Crippen molar-refractivity contribution in [2.24, 2.45) is 0 Å². The third-order valence-electron chi connectivity index (χ3n) is 2.72. The van der Waals surface area contributed by atoms with E-state index in [1.807, 2.05) is 12.1 Å². The lowest BCUT2D eigenvalue weighted by Gasteiger charge is -2.17. The van der Waals surface area contributed by atoms with E-state index < -0.39 is 0 Å². The zero-order valence-corrected chi connectivity index (χ0v) is 12.0. The lowest BCUT2D eigenvalue weighted by Crippen LogP contribution is -2.15. The van der Waals surface area contributed by atoms with E-state index in [4.69, 9.17) is 27.9 Å². The van der Waals surface area contributed by atoms with Crippen LogP contribution in [-0.2, 0) is 0 Å². The summed E-state index contributed by atoms with van der Waals surface area (Å²) in [4.78, 5) is 0. The van der Waals surface area contributed by atoms with Gasteiger partial charge in [-0.2, -0.15) is 0 Å². The molecule has 1 atom stereocenters. The van der Waals surface area contributed by atoms with E-state index in [2.05, 4.69) is 13.8 Å². The van der Waals surface area contributed by atoms with Crippen LogP contribution in [0, 0.1) is 0 Å². The van der Waals surface area contributed by atoms with Crippen LogP contribution in [0.25, 0.3) is 0 Å². The first-order valence-corrected chi connectivity index (χ1v) is 7.04. The average molecular weight is 275 g/mol. The maximum absolute atomic E-state index is 5.94. The van der Waals surface area contributed by atoms with Crippen LogP contribution in [-0.4, -0.2) is 6.10 Å². The summed E-state index contributed by atoms with van der Waals surface area (Å²) in [6.07, 6.45) is 6.07. The van der Waals surface area contributed by atoms with E-state index in [-0.39, 0.29) is 6.10 Å². The summed E-state index contributed by atoms with van der Waals surface area (Å²) in [5.41, 5.74) is 0. The predicted octanol–water partition coefficient (Wildman–Crippen LogP) is 5.73. The van der Waals surface area contributed by atoms with Crippen LogP contribution in [0.4, 0.5) is 0 Å². The zero-order valence-electron chi connectivity index (χ0n) is 10.5. The van der Waals surface area contributed by atoms with Crippen LogP contribution in [0.15, 0.2) is 18.2 Å². The number of unbranched alkanes of at least 4 members (excludes halogenated alkanes) is 2. The van der Waals surface area contributed by atoms with Crippen LogP contribution in [0.3, 0.4) is 0 Å². The van der Waals surface area contributed by atoms with Gasteiger partial charge in [0, 0.05) is 10.0 Å². The molecular weight excluding hydrogens is 255 g/mol. The maximum atomic E-state index is 5.94. The topological polar surface area (TPSA) is 9.23 Å². The third kappa shape index (κ3) is 5.65. The average Bonchev–Trinajstić information content (AvgIpc) is 2.26. The SMILES string of the molecule is CCCCCC(CC)Oc1cc(Cl)cc(Cl)c1. The molecule has 1 nitrogen and oxygen atoms in total. The van der Waals surface area contributed by atoms with Gasteiger partial charge in [-0.3, -0.25) is 0 Å². The molecule has 1 aromatic carbocycles. The Bertz CT molecular complexity index is 319. The van der Waals surface area contributed by atoms with Crippen molar-refractivity contribution in [2.45, 2.75) is 52.1 Å². The molecule has 96 valence electrons. The van der Waals surface area contributed by atoms with Gasteiger partial charge in [-0.15, -0.1) is 0 Å². The number of benzene rings is 1. The Morgan fingerprint density at radius 2 is 1.71 bits per heavy atom. The third-order valence-corrected chi connectivity index (χ3v) is 3.16. The molecule has 1 rings (SSSR count). The summed E-state index contributed by atoms with van der Waals surface area (Å²) in [5.74, 6) is 0.769. The summed E-state index contributed by atoms with van der Waals surface area (Å²) in [6, 6.07) is 5.35. The molecule has 0 amide bonds. The number of halogens is 2. The van der Waals surface area contributed by atoms with Crippen molar-refractivity contribution in [3.63, 3.8) is 0 Å². The zero-order chi connectivity index (χ0) is 12.7. The Morgan fingerprint density at radius 1 is 1.06 bits per heavy atom. The largest absolute Gasteiger partial charge is 0.490 e. The summed E-state index contributed by atoms with van der Waals surface area (Å²) >= 11 is 11.9. The second-order valence-electron chi connectivity index (χ2n) is 4.25. The smallest absolute Gasteiger partial charge is 0.122 e. The van der Waals surface area contributed by atoms with Gasteiger partial charge in [0.25, 0.3) is 0 Å². The molecular formula is C14H20Cl2O. The van der Waals surface area contributed by atoms with Crippen molar-refractivity contribution in [3.8, 4) is 5.75 Å². The monoisotopic (exact) mass is 274 g/mol. The minimum atomic E-state index is 0.260. The fraction of sp³-hybridized carbons (Fsp3) is 0.571. The molecule has 3 heteroatoms. The molecule has 0 heterocycles. The van der Waals surface area contributed by atoms with Crippen molar-refractivity contribution in [3.05, 3.63) is 28.2 Å². The van der Waals surface area contributed by atoms with Crippen LogP contribution in [0.1, 0.15) is 46.0 Å². The Labute approximate surface area is 114 Å². The van der Waals surface area contributed by atoms with Crippen molar-refractivity contribution in [2.75, 3.05) is 0 Å².